The van der Waals surface area contributed by atoms with Crippen molar-refractivity contribution in [3.8, 4) is 0 Å². The summed E-state index contributed by atoms with van der Waals surface area (Å²) in [6, 6.07) is 3.33. The SMILES string of the molecule is CC(O)C(C)Nc1ccc(F)c(F)c1. The lowest BCUT2D eigenvalue weighted by Gasteiger charge is -2.17. The largest absolute Gasteiger partial charge is 0.391 e. The van der Waals surface area contributed by atoms with Crippen LogP contribution in [0.5, 0.6) is 0 Å². The van der Waals surface area contributed by atoms with Gasteiger partial charge in [0.25, 0.3) is 0 Å². The minimum atomic E-state index is -0.896. The maximum atomic E-state index is 12.8. The van der Waals surface area contributed by atoms with Gasteiger partial charge in [-0.05, 0) is 26.0 Å². The van der Waals surface area contributed by atoms with Gasteiger partial charge in [0, 0.05) is 17.8 Å². The van der Waals surface area contributed by atoms with Crippen LogP contribution >= 0.6 is 0 Å². The third-order valence-corrected chi connectivity index (χ3v) is 2.04. The van der Waals surface area contributed by atoms with Crippen molar-refractivity contribution in [1.29, 1.82) is 0 Å². The molecule has 2 nitrogen and oxygen atoms in total. The van der Waals surface area contributed by atoms with E-state index in [4.69, 9.17) is 0 Å². The summed E-state index contributed by atoms with van der Waals surface area (Å²) in [6.45, 7) is 3.38. The molecule has 78 valence electrons. The molecule has 0 spiro atoms. The summed E-state index contributed by atoms with van der Waals surface area (Å²) in [5.41, 5.74) is 0.456. The zero-order chi connectivity index (χ0) is 10.7. The molecule has 0 saturated carbocycles. The highest BCUT2D eigenvalue weighted by Crippen LogP contribution is 2.14. The van der Waals surface area contributed by atoms with Crippen LogP contribution < -0.4 is 5.32 Å². The summed E-state index contributed by atoms with van der Waals surface area (Å²) < 4.78 is 25.3. The van der Waals surface area contributed by atoms with Gasteiger partial charge in [-0.2, -0.15) is 0 Å². The first-order valence-electron chi connectivity index (χ1n) is 4.40. The van der Waals surface area contributed by atoms with Crippen molar-refractivity contribution in [3.63, 3.8) is 0 Å². The molecular formula is C10H13F2NO. The Morgan fingerprint density at radius 3 is 2.36 bits per heavy atom. The maximum Gasteiger partial charge on any atom is 0.160 e. The van der Waals surface area contributed by atoms with Gasteiger partial charge in [0.15, 0.2) is 11.6 Å². The third kappa shape index (κ3) is 2.67. The second-order valence-electron chi connectivity index (χ2n) is 3.30. The van der Waals surface area contributed by atoms with E-state index in [9.17, 15) is 13.9 Å². The van der Waals surface area contributed by atoms with E-state index in [-0.39, 0.29) is 6.04 Å². The number of anilines is 1. The molecule has 4 heteroatoms. The number of benzene rings is 1. The van der Waals surface area contributed by atoms with Crippen molar-refractivity contribution >= 4 is 5.69 Å². The molecule has 0 heterocycles. The van der Waals surface area contributed by atoms with Crippen LogP contribution in [0.15, 0.2) is 18.2 Å². The van der Waals surface area contributed by atoms with E-state index in [0.717, 1.165) is 12.1 Å². The molecule has 0 aromatic heterocycles. The Hall–Kier alpha value is -1.16. The standard InChI is InChI=1S/C10H13F2NO/c1-6(7(2)14)13-8-3-4-9(11)10(12)5-8/h3-7,13-14H,1-2H3. The van der Waals surface area contributed by atoms with Gasteiger partial charge in [-0.15, -0.1) is 0 Å². The summed E-state index contributed by atoms with van der Waals surface area (Å²) in [7, 11) is 0. The number of rotatable bonds is 3. The highest BCUT2D eigenvalue weighted by Gasteiger charge is 2.09. The Bertz CT molecular complexity index is 315. The average molecular weight is 201 g/mol. The molecule has 2 unspecified atom stereocenters. The topological polar surface area (TPSA) is 32.3 Å². The van der Waals surface area contributed by atoms with Crippen LogP contribution in [0, 0.1) is 11.6 Å². The van der Waals surface area contributed by atoms with Crippen molar-refractivity contribution < 1.29 is 13.9 Å². The van der Waals surface area contributed by atoms with Crippen molar-refractivity contribution in [3.05, 3.63) is 29.8 Å². The molecule has 0 amide bonds. The van der Waals surface area contributed by atoms with Gasteiger partial charge in [0.2, 0.25) is 0 Å². The first-order valence-corrected chi connectivity index (χ1v) is 4.40. The van der Waals surface area contributed by atoms with Gasteiger partial charge < -0.3 is 10.4 Å². The number of nitrogens with one attached hydrogen (secondary N) is 1. The van der Waals surface area contributed by atoms with Crippen LogP contribution in [0.1, 0.15) is 13.8 Å². The number of hydrogen-bond acceptors (Lipinski definition) is 2. The molecule has 0 radical (unpaired) electrons. The summed E-state index contributed by atoms with van der Waals surface area (Å²) in [6.07, 6.45) is -0.553. The van der Waals surface area contributed by atoms with E-state index < -0.39 is 17.7 Å². The van der Waals surface area contributed by atoms with Gasteiger partial charge in [-0.3, -0.25) is 0 Å². The highest BCUT2D eigenvalue weighted by atomic mass is 19.2. The molecular weight excluding hydrogens is 188 g/mol. The molecule has 0 fully saturated rings. The summed E-state index contributed by atoms with van der Waals surface area (Å²) >= 11 is 0. The van der Waals surface area contributed by atoms with E-state index >= 15 is 0 Å². The molecule has 1 rings (SSSR count). The molecule has 0 aliphatic rings. The Morgan fingerprint density at radius 2 is 1.86 bits per heavy atom. The zero-order valence-corrected chi connectivity index (χ0v) is 8.09. The molecule has 14 heavy (non-hydrogen) atoms. The molecule has 0 aliphatic heterocycles. The lowest BCUT2D eigenvalue weighted by Crippen LogP contribution is -2.27. The van der Waals surface area contributed by atoms with Crippen LogP contribution in [-0.2, 0) is 0 Å². The van der Waals surface area contributed by atoms with Gasteiger partial charge in [-0.1, -0.05) is 0 Å². The Balaban J connectivity index is 2.73. The van der Waals surface area contributed by atoms with Crippen molar-refractivity contribution in [2.24, 2.45) is 0 Å². The van der Waals surface area contributed by atoms with Gasteiger partial charge >= 0.3 is 0 Å². The van der Waals surface area contributed by atoms with E-state index in [1.165, 1.54) is 6.07 Å². The third-order valence-electron chi connectivity index (χ3n) is 2.04. The normalized spacial score (nSPS) is 14.9. The molecule has 0 bridgehead atoms. The first kappa shape index (κ1) is 10.9. The van der Waals surface area contributed by atoms with E-state index in [0.29, 0.717) is 5.69 Å². The number of aliphatic hydroxyl groups excluding tert-OH is 1. The van der Waals surface area contributed by atoms with Gasteiger partial charge in [0.05, 0.1) is 6.10 Å². The number of hydrogen-bond donors (Lipinski definition) is 2. The Labute approximate surface area is 81.6 Å². The van der Waals surface area contributed by atoms with Crippen molar-refractivity contribution in [1.82, 2.24) is 0 Å². The predicted octanol–water partition coefficient (Wildman–Crippen LogP) is 2.15. The van der Waals surface area contributed by atoms with Crippen molar-refractivity contribution in [2.45, 2.75) is 26.0 Å². The van der Waals surface area contributed by atoms with E-state index in [1.54, 1.807) is 13.8 Å². The molecule has 0 saturated heterocycles. The van der Waals surface area contributed by atoms with Gasteiger partial charge in [0.1, 0.15) is 0 Å². The second-order valence-corrected chi connectivity index (χ2v) is 3.30. The number of halogens is 2. The van der Waals surface area contributed by atoms with E-state index in [1.807, 2.05) is 0 Å². The molecule has 2 atom stereocenters. The fourth-order valence-electron chi connectivity index (χ4n) is 0.969. The Kier molecular flexibility index (Phi) is 3.41. The lowest BCUT2D eigenvalue weighted by atomic mass is 10.2. The fourth-order valence-corrected chi connectivity index (χ4v) is 0.969. The van der Waals surface area contributed by atoms with Crippen molar-refractivity contribution in [2.75, 3.05) is 5.32 Å². The lowest BCUT2D eigenvalue weighted by molar-refractivity contribution is 0.178. The first-order chi connectivity index (χ1) is 6.50. The van der Waals surface area contributed by atoms with Gasteiger partial charge in [-0.25, -0.2) is 8.78 Å². The van der Waals surface area contributed by atoms with Crippen LogP contribution in [-0.4, -0.2) is 17.3 Å². The minimum absolute atomic E-state index is 0.208. The fraction of sp³-hybridized carbons (Fsp3) is 0.400. The smallest absolute Gasteiger partial charge is 0.160 e. The minimum Gasteiger partial charge on any atom is -0.391 e. The predicted molar refractivity (Wildman–Crippen MR) is 51.1 cm³/mol. The van der Waals surface area contributed by atoms with E-state index in [2.05, 4.69) is 5.32 Å². The van der Waals surface area contributed by atoms with Crippen LogP contribution in [0.3, 0.4) is 0 Å². The van der Waals surface area contributed by atoms with Crippen LogP contribution in [0.2, 0.25) is 0 Å². The molecule has 1 aromatic rings. The maximum absolute atomic E-state index is 12.8. The quantitative estimate of drug-likeness (QED) is 0.785. The van der Waals surface area contributed by atoms with Crippen LogP contribution in [0.4, 0.5) is 14.5 Å². The zero-order valence-electron chi connectivity index (χ0n) is 8.09. The number of aliphatic hydroxyl groups is 1. The summed E-state index contributed by atoms with van der Waals surface area (Å²) in [4.78, 5) is 0. The molecule has 1 aromatic carbocycles. The average Bonchev–Trinajstić information content (AvgIpc) is 2.11. The molecule has 2 N–H and O–H groups in total. The highest BCUT2D eigenvalue weighted by molar-refractivity contribution is 5.44. The second kappa shape index (κ2) is 4.37. The monoisotopic (exact) mass is 201 g/mol. The summed E-state index contributed by atoms with van der Waals surface area (Å²) in [5.74, 6) is -1.77. The molecule has 0 aliphatic carbocycles. The van der Waals surface area contributed by atoms with Crippen LogP contribution in [0.25, 0.3) is 0 Å². The Morgan fingerprint density at radius 1 is 1.21 bits per heavy atom. The summed E-state index contributed by atoms with van der Waals surface area (Å²) in [5, 5.41) is 12.0.